The van der Waals surface area contributed by atoms with Gasteiger partial charge >= 0.3 is 0 Å². The van der Waals surface area contributed by atoms with Crippen molar-refractivity contribution in [3.63, 3.8) is 0 Å². The molecule has 1 aromatic heterocycles. The van der Waals surface area contributed by atoms with Crippen molar-refractivity contribution in [3.05, 3.63) is 99.0 Å². The number of halogens is 3. The number of hydrogen-bond acceptors (Lipinski definition) is 5. The minimum atomic E-state index is -4.20. The van der Waals surface area contributed by atoms with Crippen molar-refractivity contribution in [2.75, 3.05) is 0 Å². The highest BCUT2D eigenvalue weighted by Crippen LogP contribution is 2.36. The topological polar surface area (TPSA) is 86.2 Å². The van der Waals surface area contributed by atoms with Crippen LogP contribution in [0.3, 0.4) is 0 Å². The molecule has 0 radical (unpaired) electrons. The summed E-state index contributed by atoms with van der Waals surface area (Å²) in [5, 5.41) is -0.0796. The Morgan fingerprint density at radius 3 is 2.45 bits per heavy atom. The molecule has 0 spiro atoms. The fourth-order valence-corrected chi connectivity index (χ4v) is 5.16. The molecule has 0 fully saturated rings. The summed E-state index contributed by atoms with van der Waals surface area (Å²) in [4.78, 5) is 4.15. The summed E-state index contributed by atoms with van der Waals surface area (Å²) in [5.74, 6) is -0.624. The Balaban J connectivity index is 1.95. The number of nitrogens with zero attached hydrogens (tertiary/aromatic N) is 1. The molecule has 1 heterocycles. The zero-order valence-electron chi connectivity index (χ0n) is 17.6. The molecule has 0 aliphatic rings. The number of rotatable bonds is 5. The predicted octanol–water partition coefficient (Wildman–Crippen LogP) is 6.29. The van der Waals surface area contributed by atoms with Crippen LogP contribution in [0.4, 0.5) is 4.39 Å². The van der Waals surface area contributed by atoms with Crippen LogP contribution in [-0.4, -0.2) is 13.4 Å². The van der Waals surface area contributed by atoms with E-state index in [1.807, 2.05) is 25.1 Å². The van der Waals surface area contributed by atoms with E-state index < -0.39 is 21.7 Å². The first kappa shape index (κ1) is 23.4. The van der Waals surface area contributed by atoms with Crippen molar-refractivity contribution >= 4 is 33.0 Å². The summed E-state index contributed by atoms with van der Waals surface area (Å²) >= 11 is 12.0. The van der Waals surface area contributed by atoms with E-state index in [1.165, 1.54) is 30.3 Å². The van der Waals surface area contributed by atoms with Crippen LogP contribution < -0.4 is 5.73 Å². The molecule has 3 aromatic carbocycles. The lowest BCUT2D eigenvalue weighted by Gasteiger charge is -2.12. The third kappa shape index (κ3) is 4.54. The van der Waals surface area contributed by atoms with Gasteiger partial charge in [-0.3, -0.25) is 0 Å². The van der Waals surface area contributed by atoms with Crippen molar-refractivity contribution in [2.24, 2.45) is 5.73 Å². The van der Waals surface area contributed by atoms with E-state index in [1.54, 1.807) is 19.1 Å². The molecule has 0 aliphatic heterocycles. The lowest BCUT2D eigenvalue weighted by atomic mass is 10.0. The summed E-state index contributed by atoms with van der Waals surface area (Å²) in [6.45, 7) is 3.64. The van der Waals surface area contributed by atoms with Crippen molar-refractivity contribution in [1.29, 1.82) is 0 Å². The van der Waals surface area contributed by atoms with Crippen molar-refractivity contribution in [2.45, 2.75) is 29.8 Å². The van der Waals surface area contributed by atoms with Gasteiger partial charge in [0, 0.05) is 5.56 Å². The van der Waals surface area contributed by atoms with E-state index in [9.17, 15) is 12.8 Å². The smallest absolute Gasteiger partial charge is 0.228 e. The zero-order chi connectivity index (χ0) is 23.9. The Kier molecular flexibility index (Phi) is 6.33. The van der Waals surface area contributed by atoms with Gasteiger partial charge in [0.25, 0.3) is 0 Å². The van der Waals surface area contributed by atoms with E-state index in [0.29, 0.717) is 16.7 Å². The Morgan fingerprint density at radius 1 is 1.00 bits per heavy atom. The largest absolute Gasteiger partial charge is 0.438 e. The van der Waals surface area contributed by atoms with Crippen LogP contribution in [0.5, 0.6) is 0 Å². The number of hydrogen-bond donors (Lipinski definition) is 1. The van der Waals surface area contributed by atoms with E-state index in [2.05, 4.69) is 4.98 Å². The SMILES string of the molecule is Cc1cccc(C(N)c2oc(-c3cc(F)ccc3C)nc2S(=O)(=O)c2ccc(Cl)c(Cl)c2)c1. The van der Waals surface area contributed by atoms with Gasteiger partial charge < -0.3 is 10.2 Å². The number of oxazole rings is 1. The summed E-state index contributed by atoms with van der Waals surface area (Å²) in [6, 6.07) is 14.4. The quantitative estimate of drug-likeness (QED) is 0.345. The Morgan fingerprint density at radius 2 is 1.76 bits per heavy atom. The third-order valence-electron chi connectivity index (χ3n) is 5.19. The molecule has 0 amide bonds. The van der Waals surface area contributed by atoms with Crippen LogP contribution >= 0.6 is 23.2 Å². The van der Waals surface area contributed by atoms with Crippen molar-refractivity contribution in [1.82, 2.24) is 4.98 Å². The molecule has 170 valence electrons. The zero-order valence-corrected chi connectivity index (χ0v) is 20.0. The fourth-order valence-electron chi connectivity index (χ4n) is 3.42. The average molecular weight is 505 g/mol. The molecule has 4 rings (SSSR count). The summed E-state index contributed by atoms with van der Waals surface area (Å²) < 4.78 is 47.0. The van der Waals surface area contributed by atoms with Crippen LogP contribution in [0.2, 0.25) is 10.0 Å². The monoisotopic (exact) mass is 504 g/mol. The Hall–Kier alpha value is -2.71. The first-order chi connectivity index (χ1) is 15.6. The van der Waals surface area contributed by atoms with Gasteiger partial charge in [-0.25, -0.2) is 12.8 Å². The predicted molar refractivity (Wildman–Crippen MR) is 126 cm³/mol. The average Bonchev–Trinajstić information content (AvgIpc) is 3.23. The molecule has 0 saturated heterocycles. The Labute approximate surface area is 200 Å². The molecule has 9 heteroatoms. The van der Waals surface area contributed by atoms with Gasteiger partial charge in [0.05, 0.1) is 21.0 Å². The second-order valence-corrected chi connectivity index (χ2v) is 10.3. The molecule has 5 nitrogen and oxygen atoms in total. The van der Waals surface area contributed by atoms with Gasteiger partial charge in [0.1, 0.15) is 5.82 Å². The highest BCUT2D eigenvalue weighted by atomic mass is 35.5. The van der Waals surface area contributed by atoms with Crippen LogP contribution in [-0.2, 0) is 9.84 Å². The molecule has 0 aliphatic carbocycles. The minimum absolute atomic E-state index is 0.0521. The maximum absolute atomic E-state index is 13.9. The first-order valence-electron chi connectivity index (χ1n) is 9.87. The van der Waals surface area contributed by atoms with Gasteiger partial charge in [0.2, 0.25) is 20.8 Å². The minimum Gasteiger partial charge on any atom is -0.438 e. The number of aryl methyl sites for hydroxylation is 2. The fraction of sp³-hybridized carbons (Fsp3) is 0.125. The maximum atomic E-state index is 13.9. The number of nitrogens with two attached hydrogens (primary N) is 1. The highest BCUT2D eigenvalue weighted by molar-refractivity contribution is 7.91. The van der Waals surface area contributed by atoms with Gasteiger partial charge in [-0.1, -0.05) is 59.1 Å². The lowest BCUT2D eigenvalue weighted by molar-refractivity contribution is 0.486. The van der Waals surface area contributed by atoms with Gasteiger partial charge in [-0.05, 0) is 55.3 Å². The van der Waals surface area contributed by atoms with E-state index in [0.717, 1.165) is 5.56 Å². The van der Waals surface area contributed by atoms with Crippen LogP contribution in [0.15, 0.2) is 75.0 Å². The molecule has 1 atom stereocenters. The molecular weight excluding hydrogens is 486 g/mol. The van der Waals surface area contributed by atoms with E-state index in [-0.39, 0.29) is 31.6 Å². The number of aromatic nitrogens is 1. The van der Waals surface area contributed by atoms with Gasteiger partial charge in [0.15, 0.2) is 5.76 Å². The van der Waals surface area contributed by atoms with E-state index in [4.69, 9.17) is 33.4 Å². The first-order valence-corrected chi connectivity index (χ1v) is 12.1. The highest BCUT2D eigenvalue weighted by Gasteiger charge is 2.32. The molecular formula is C24H19Cl2FN2O3S. The second kappa shape index (κ2) is 8.91. The molecule has 0 bridgehead atoms. The van der Waals surface area contributed by atoms with Crippen LogP contribution in [0, 0.1) is 19.7 Å². The second-order valence-electron chi connectivity index (χ2n) is 7.62. The standard InChI is InChI=1S/C24H19Cl2FN2O3S/c1-13-4-3-5-15(10-13)21(28)22-24(33(30,31)17-8-9-19(25)20(26)12-17)29-23(32-22)18-11-16(27)7-6-14(18)2/h3-12,21H,28H2,1-2H3. The van der Waals surface area contributed by atoms with Crippen LogP contribution in [0.1, 0.15) is 28.5 Å². The third-order valence-corrected chi connectivity index (χ3v) is 7.61. The lowest BCUT2D eigenvalue weighted by Crippen LogP contribution is -2.15. The molecule has 4 aromatic rings. The number of sulfone groups is 1. The molecule has 33 heavy (non-hydrogen) atoms. The summed E-state index contributed by atoms with van der Waals surface area (Å²) in [5.41, 5.74) is 9.02. The molecule has 1 unspecified atom stereocenters. The summed E-state index contributed by atoms with van der Waals surface area (Å²) in [7, 11) is -4.20. The van der Waals surface area contributed by atoms with Gasteiger partial charge in [-0.15, -0.1) is 0 Å². The van der Waals surface area contributed by atoms with Crippen molar-refractivity contribution < 1.29 is 17.2 Å². The maximum Gasteiger partial charge on any atom is 0.228 e. The van der Waals surface area contributed by atoms with Crippen molar-refractivity contribution in [3.8, 4) is 11.5 Å². The van der Waals surface area contributed by atoms with Gasteiger partial charge in [-0.2, -0.15) is 4.98 Å². The van der Waals surface area contributed by atoms with Crippen LogP contribution in [0.25, 0.3) is 11.5 Å². The normalized spacial score (nSPS) is 12.7. The Bertz CT molecular complexity index is 1470. The number of benzene rings is 3. The summed E-state index contributed by atoms with van der Waals surface area (Å²) in [6.07, 6.45) is 0. The molecule has 0 saturated carbocycles. The van der Waals surface area contributed by atoms with E-state index >= 15 is 0 Å². The molecule has 2 N–H and O–H groups in total.